The number of carbonyl (C=O) groups is 1. The lowest BCUT2D eigenvalue weighted by Crippen LogP contribution is -2.54. The van der Waals surface area contributed by atoms with E-state index in [0.717, 1.165) is 4.57 Å². The summed E-state index contributed by atoms with van der Waals surface area (Å²) in [5.74, 6) is -1.62. The Labute approximate surface area is 204 Å². The molecule has 9 N–H and O–H groups in total. The Kier molecular flexibility index (Phi) is 8.88. The van der Waals surface area contributed by atoms with E-state index in [0.29, 0.717) is 0 Å². The van der Waals surface area contributed by atoms with Gasteiger partial charge in [0.1, 0.15) is 30.2 Å². The maximum atomic E-state index is 12.9. The van der Waals surface area contributed by atoms with Crippen LogP contribution >= 0.6 is 7.60 Å². The molecular weight excluding hydrogens is 509 g/mol. The smallest absolute Gasteiger partial charge is 0.351 e. The molecule has 0 aromatic carbocycles. The molecule has 2 fully saturated rings. The summed E-state index contributed by atoms with van der Waals surface area (Å²) in [7, 11) is -4.73. The van der Waals surface area contributed by atoms with E-state index in [1.807, 2.05) is 0 Å². The van der Waals surface area contributed by atoms with Crippen LogP contribution in [0.1, 0.15) is 19.1 Å². The fourth-order valence-corrected chi connectivity index (χ4v) is 6.05. The van der Waals surface area contributed by atoms with E-state index >= 15 is 0 Å². The van der Waals surface area contributed by atoms with Crippen molar-refractivity contribution in [1.29, 1.82) is 0 Å². The second kappa shape index (κ2) is 11.2. The van der Waals surface area contributed by atoms with Gasteiger partial charge in [0.05, 0.1) is 43.6 Å². The maximum absolute atomic E-state index is 12.9. The van der Waals surface area contributed by atoms with Crippen LogP contribution in [-0.2, 0) is 23.4 Å². The molecule has 16 nitrogen and oxygen atoms in total. The van der Waals surface area contributed by atoms with Crippen LogP contribution in [0.15, 0.2) is 17.1 Å². The number of aromatic nitrogens is 2. The van der Waals surface area contributed by atoms with Crippen molar-refractivity contribution in [1.82, 2.24) is 9.55 Å². The summed E-state index contributed by atoms with van der Waals surface area (Å²) in [6, 6.07) is 1.26. The van der Waals surface area contributed by atoms with Crippen molar-refractivity contribution in [3.8, 4) is 0 Å². The van der Waals surface area contributed by atoms with E-state index in [9.17, 15) is 44.6 Å². The van der Waals surface area contributed by atoms with Crippen LogP contribution in [0.2, 0.25) is 0 Å². The fourth-order valence-electron chi connectivity index (χ4n) is 4.43. The molecule has 1 aromatic heterocycles. The molecule has 9 atom stereocenters. The summed E-state index contributed by atoms with van der Waals surface area (Å²) in [6.07, 6.45) is -11.2. The molecule has 2 aliphatic rings. The number of nitrogens with two attached hydrogens (primary N) is 1. The van der Waals surface area contributed by atoms with Crippen LogP contribution in [0.25, 0.3) is 0 Å². The van der Waals surface area contributed by atoms with Gasteiger partial charge in [-0.25, -0.2) is 4.79 Å². The average molecular weight is 539 g/mol. The summed E-state index contributed by atoms with van der Waals surface area (Å²) in [4.78, 5) is 38.1. The summed E-state index contributed by atoms with van der Waals surface area (Å²) in [6.45, 7) is -1.45. The number of carboxylic acid groups (broad SMARTS) is 1. The third kappa shape index (κ3) is 6.11. The molecule has 0 radical (unpaired) electrons. The van der Waals surface area contributed by atoms with Crippen LogP contribution in [0.5, 0.6) is 0 Å². The van der Waals surface area contributed by atoms with Crippen molar-refractivity contribution in [2.45, 2.75) is 55.7 Å². The Balaban J connectivity index is 1.70. The van der Waals surface area contributed by atoms with Gasteiger partial charge in [0.2, 0.25) is 0 Å². The Morgan fingerprint density at radius 1 is 1.25 bits per heavy atom. The third-order valence-electron chi connectivity index (χ3n) is 6.25. The van der Waals surface area contributed by atoms with Gasteiger partial charge in [-0.3, -0.25) is 13.9 Å². The number of anilines is 1. The van der Waals surface area contributed by atoms with Gasteiger partial charge >= 0.3 is 19.3 Å². The lowest BCUT2D eigenvalue weighted by Gasteiger charge is -2.43. The van der Waals surface area contributed by atoms with Gasteiger partial charge in [-0.05, 0) is 18.9 Å². The zero-order chi connectivity index (χ0) is 26.8. The molecule has 36 heavy (non-hydrogen) atoms. The molecule has 0 spiro atoms. The van der Waals surface area contributed by atoms with Gasteiger partial charge in [0.25, 0.3) is 0 Å². The standard InChI is InChI=1S/C19H30N3O13P/c20-12-1-2-22(18(30)21-12)16-15(27)14(26)11(35-16)7-34-36(31,32)8-19(17(28)29)5-9(24)13(25)10(6-19)33-4-3-23/h1-2,9-11,13-16,23-27H,3-8H2,(H,28,29)(H,31,32)(H2,20,21,30)/t9-,10-,11-,13-,14-,15-,16-,19-/m1/s1. The van der Waals surface area contributed by atoms with E-state index in [1.165, 1.54) is 12.3 Å². The maximum Gasteiger partial charge on any atom is 0.351 e. The molecule has 0 bridgehead atoms. The highest BCUT2D eigenvalue weighted by Gasteiger charge is 2.54. The zero-order valence-electron chi connectivity index (χ0n) is 18.9. The highest BCUT2D eigenvalue weighted by atomic mass is 31.2. The summed E-state index contributed by atoms with van der Waals surface area (Å²) >= 11 is 0. The van der Waals surface area contributed by atoms with Crippen molar-refractivity contribution < 1.29 is 58.9 Å². The van der Waals surface area contributed by atoms with Crippen molar-refractivity contribution in [2.75, 3.05) is 31.7 Å². The number of aliphatic carboxylic acids is 1. The largest absolute Gasteiger partial charge is 0.481 e. The first-order chi connectivity index (χ1) is 16.8. The summed E-state index contributed by atoms with van der Waals surface area (Å²) < 4.78 is 29.4. The molecule has 1 aromatic rings. The van der Waals surface area contributed by atoms with Crippen molar-refractivity contribution in [3.63, 3.8) is 0 Å². The van der Waals surface area contributed by atoms with Gasteiger partial charge in [-0.1, -0.05) is 0 Å². The SMILES string of the molecule is Nc1ccn([C@@H]2O[C@H](COP(=O)(O)C[C@@]3(C(=O)O)C[C@@H](O)[C@@H](O)[C@H](OCCO)C3)[C@@H](O)[C@H]2O)c(=O)n1. The average Bonchev–Trinajstić information content (AvgIpc) is 3.07. The molecule has 0 amide bonds. The molecule has 1 saturated heterocycles. The number of nitrogen functional groups attached to an aromatic ring is 1. The van der Waals surface area contributed by atoms with E-state index in [-0.39, 0.29) is 12.4 Å². The van der Waals surface area contributed by atoms with Crippen molar-refractivity contribution >= 4 is 19.4 Å². The molecule has 3 rings (SSSR count). The first kappa shape index (κ1) is 28.6. The van der Waals surface area contributed by atoms with Crippen LogP contribution in [0.4, 0.5) is 5.82 Å². The molecular formula is C19H30N3O13P. The lowest BCUT2D eigenvalue weighted by molar-refractivity contribution is -0.174. The highest BCUT2D eigenvalue weighted by molar-refractivity contribution is 7.52. The molecule has 17 heteroatoms. The van der Waals surface area contributed by atoms with E-state index < -0.39 is 99.7 Å². The quantitative estimate of drug-likeness (QED) is 0.135. The first-order valence-electron chi connectivity index (χ1n) is 10.9. The van der Waals surface area contributed by atoms with Gasteiger partial charge in [0.15, 0.2) is 6.23 Å². The number of carboxylic acids is 1. The van der Waals surface area contributed by atoms with Crippen LogP contribution in [0, 0.1) is 5.41 Å². The summed E-state index contributed by atoms with van der Waals surface area (Å²) in [5.41, 5.74) is 2.52. The van der Waals surface area contributed by atoms with Gasteiger partial charge in [0, 0.05) is 6.20 Å². The number of aliphatic hydroxyl groups is 5. The Hall–Kier alpha value is -1.98. The van der Waals surface area contributed by atoms with Gasteiger partial charge in [-0.15, -0.1) is 0 Å². The van der Waals surface area contributed by atoms with Crippen LogP contribution in [0.3, 0.4) is 0 Å². The number of hydrogen-bond acceptors (Lipinski definition) is 13. The number of aliphatic hydroxyl groups excluding tert-OH is 5. The fraction of sp³-hybridized carbons (Fsp3) is 0.737. The first-order valence-corrected chi connectivity index (χ1v) is 12.7. The Morgan fingerprint density at radius 3 is 2.56 bits per heavy atom. The van der Waals surface area contributed by atoms with Crippen molar-refractivity contribution in [3.05, 3.63) is 22.7 Å². The predicted molar refractivity (Wildman–Crippen MR) is 118 cm³/mol. The van der Waals surface area contributed by atoms with Crippen LogP contribution < -0.4 is 11.4 Å². The van der Waals surface area contributed by atoms with E-state index in [1.54, 1.807) is 0 Å². The van der Waals surface area contributed by atoms with E-state index in [2.05, 4.69) is 4.98 Å². The molecule has 2 heterocycles. The number of rotatable bonds is 10. The molecule has 1 saturated carbocycles. The van der Waals surface area contributed by atoms with Crippen LogP contribution in [-0.4, -0.2) is 114 Å². The summed E-state index contributed by atoms with van der Waals surface area (Å²) in [5, 5.41) is 59.7. The highest BCUT2D eigenvalue weighted by Crippen LogP contribution is 2.53. The third-order valence-corrected chi connectivity index (χ3v) is 7.81. The molecule has 204 valence electrons. The Bertz CT molecular complexity index is 1040. The number of nitrogens with zero attached hydrogens (tertiary/aromatic N) is 2. The van der Waals surface area contributed by atoms with E-state index in [4.69, 9.17) is 24.8 Å². The monoisotopic (exact) mass is 539 g/mol. The number of hydrogen-bond donors (Lipinski definition) is 8. The minimum atomic E-state index is -4.73. The normalized spacial score (nSPS) is 36.4. The number of ether oxygens (including phenoxy) is 2. The lowest BCUT2D eigenvalue weighted by atomic mass is 9.71. The predicted octanol–water partition coefficient (Wildman–Crippen LogP) is -3.39. The topological polar surface area (TPSA) is 264 Å². The Morgan fingerprint density at radius 2 is 1.94 bits per heavy atom. The minimum Gasteiger partial charge on any atom is -0.481 e. The van der Waals surface area contributed by atoms with Gasteiger partial charge in [-0.2, -0.15) is 4.98 Å². The minimum absolute atomic E-state index is 0.0814. The molecule has 1 aliphatic heterocycles. The molecule has 1 unspecified atom stereocenters. The molecule has 1 aliphatic carbocycles. The van der Waals surface area contributed by atoms with Crippen molar-refractivity contribution in [2.24, 2.45) is 5.41 Å². The second-order valence-electron chi connectivity index (χ2n) is 8.86. The zero-order valence-corrected chi connectivity index (χ0v) is 19.8. The van der Waals surface area contributed by atoms with Gasteiger partial charge < -0.3 is 55.3 Å². The second-order valence-corrected chi connectivity index (χ2v) is 10.7.